The van der Waals surface area contributed by atoms with Gasteiger partial charge in [-0.2, -0.15) is 0 Å². The molecule has 3 aromatic rings. The van der Waals surface area contributed by atoms with Crippen molar-refractivity contribution in [1.29, 1.82) is 0 Å². The molecule has 4 heteroatoms. The molecular formula is C24H23NO3. The van der Waals surface area contributed by atoms with Gasteiger partial charge >= 0.3 is 6.09 Å². The molecule has 1 aliphatic heterocycles. The van der Waals surface area contributed by atoms with Gasteiger partial charge in [0.1, 0.15) is 18.5 Å². The molecule has 1 atom stereocenters. The zero-order valence-electron chi connectivity index (χ0n) is 15.9. The molecule has 4 nitrogen and oxygen atoms in total. The van der Waals surface area contributed by atoms with Crippen LogP contribution in [0, 0.1) is 6.92 Å². The predicted octanol–water partition coefficient (Wildman–Crippen LogP) is 4.89. The second-order valence-electron chi connectivity index (χ2n) is 7.04. The maximum atomic E-state index is 12.0. The molecule has 1 amide bonds. The predicted molar refractivity (Wildman–Crippen MR) is 109 cm³/mol. The fraction of sp³-hybridized carbons (Fsp3) is 0.208. The maximum Gasteiger partial charge on any atom is 0.407 e. The van der Waals surface area contributed by atoms with Crippen molar-refractivity contribution in [1.82, 2.24) is 5.32 Å². The van der Waals surface area contributed by atoms with Crippen molar-refractivity contribution in [2.45, 2.75) is 26.0 Å². The first-order valence-corrected chi connectivity index (χ1v) is 9.49. The van der Waals surface area contributed by atoms with Gasteiger partial charge in [-0.1, -0.05) is 78.4 Å². The fourth-order valence-corrected chi connectivity index (χ4v) is 3.38. The van der Waals surface area contributed by atoms with Crippen LogP contribution < -0.4 is 10.1 Å². The van der Waals surface area contributed by atoms with Crippen LogP contribution in [0.5, 0.6) is 5.75 Å². The van der Waals surface area contributed by atoms with Gasteiger partial charge in [0.15, 0.2) is 0 Å². The SMILES string of the molecule is Cc1ccc(-c2cccc3c2OC(COC(=O)NCc2ccccc2)C3)cc1. The highest BCUT2D eigenvalue weighted by Crippen LogP contribution is 2.38. The molecule has 0 aromatic heterocycles. The second kappa shape index (κ2) is 8.17. The molecule has 4 rings (SSSR count). The Morgan fingerprint density at radius 1 is 1.04 bits per heavy atom. The number of aryl methyl sites for hydroxylation is 1. The van der Waals surface area contributed by atoms with E-state index >= 15 is 0 Å². The van der Waals surface area contributed by atoms with Gasteiger partial charge in [0, 0.05) is 18.5 Å². The third-order valence-electron chi connectivity index (χ3n) is 4.87. The highest BCUT2D eigenvalue weighted by molar-refractivity contribution is 5.73. The lowest BCUT2D eigenvalue weighted by Crippen LogP contribution is -2.29. The van der Waals surface area contributed by atoms with Gasteiger partial charge in [-0.25, -0.2) is 4.79 Å². The molecule has 28 heavy (non-hydrogen) atoms. The maximum absolute atomic E-state index is 12.0. The van der Waals surface area contributed by atoms with Gasteiger partial charge < -0.3 is 14.8 Å². The Hall–Kier alpha value is -3.27. The summed E-state index contributed by atoms with van der Waals surface area (Å²) in [5, 5.41) is 2.77. The van der Waals surface area contributed by atoms with Crippen LogP contribution in [0.3, 0.4) is 0 Å². The summed E-state index contributed by atoms with van der Waals surface area (Å²) in [6, 6.07) is 24.4. The van der Waals surface area contributed by atoms with E-state index in [-0.39, 0.29) is 12.7 Å². The van der Waals surface area contributed by atoms with E-state index in [1.807, 2.05) is 36.4 Å². The number of nitrogens with one attached hydrogen (secondary N) is 1. The van der Waals surface area contributed by atoms with E-state index in [9.17, 15) is 4.79 Å². The highest BCUT2D eigenvalue weighted by Gasteiger charge is 2.26. The van der Waals surface area contributed by atoms with E-state index in [1.54, 1.807) is 0 Å². The zero-order chi connectivity index (χ0) is 19.3. The molecule has 0 aliphatic carbocycles. The summed E-state index contributed by atoms with van der Waals surface area (Å²) < 4.78 is 11.5. The van der Waals surface area contributed by atoms with Crippen molar-refractivity contribution >= 4 is 6.09 Å². The number of para-hydroxylation sites is 1. The largest absolute Gasteiger partial charge is 0.486 e. The van der Waals surface area contributed by atoms with E-state index in [4.69, 9.17) is 9.47 Å². The van der Waals surface area contributed by atoms with Crippen LogP contribution in [0.4, 0.5) is 4.79 Å². The van der Waals surface area contributed by atoms with Gasteiger partial charge in [0.25, 0.3) is 0 Å². The summed E-state index contributed by atoms with van der Waals surface area (Å²) in [5.41, 5.74) is 5.62. The third kappa shape index (κ3) is 4.17. The van der Waals surface area contributed by atoms with E-state index in [0.29, 0.717) is 6.54 Å². The molecule has 0 saturated carbocycles. The molecule has 142 valence electrons. The van der Waals surface area contributed by atoms with Crippen LogP contribution in [0.1, 0.15) is 16.7 Å². The van der Waals surface area contributed by atoms with Gasteiger partial charge in [-0.3, -0.25) is 0 Å². The van der Waals surface area contributed by atoms with Crippen molar-refractivity contribution < 1.29 is 14.3 Å². The van der Waals surface area contributed by atoms with E-state index in [2.05, 4.69) is 48.6 Å². The number of carbonyl (C=O) groups excluding carboxylic acids is 1. The summed E-state index contributed by atoms with van der Waals surface area (Å²) in [5.74, 6) is 0.893. The Labute approximate surface area is 165 Å². The molecule has 1 heterocycles. The van der Waals surface area contributed by atoms with Gasteiger partial charge in [-0.15, -0.1) is 0 Å². The first kappa shape index (κ1) is 18.1. The van der Waals surface area contributed by atoms with Crippen LogP contribution in [0.15, 0.2) is 72.8 Å². The summed E-state index contributed by atoms with van der Waals surface area (Å²) >= 11 is 0. The van der Waals surface area contributed by atoms with Gasteiger partial charge in [0.05, 0.1) is 0 Å². The Kier molecular flexibility index (Phi) is 5.29. The van der Waals surface area contributed by atoms with Crippen LogP contribution in [-0.4, -0.2) is 18.8 Å². The summed E-state index contributed by atoms with van der Waals surface area (Å²) in [6.07, 6.45) is 0.146. The number of hydrogen-bond acceptors (Lipinski definition) is 3. The average Bonchev–Trinajstić information content (AvgIpc) is 3.15. The van der Waals surface area contributed by atoms with E-state index < -0.39 is 6.09 Å². The molecule has 1 N–H and O–H groups in total. The number of benzene rings is 3. The highest BCUT2D eigenvalue weighted by atomic mass is 16.6. The molecule has 3 aromatic carbocycles. The standard InChI is InChI=1S/C24H23NO3/c1-17-10-12-19(13-11-17)22-9-5-8-20-14-21(28-23(20)22)16-27-24(26)25-15-18-6-3-2-4-7-18/h2-13,21H,14-16H2,1H3,(H,25,26). The van der Waals surface area contributed by atoms with Crippen molar-refractivity contribution in [3.8, 4) is 16.9 Å². The van der Waals surface area contributed by atoms with Crippen molar-refractivity contribution in [2.24, 2.45) is 0 Å². The minimum atomic E-state index is -0.429. The number of rotatable bonds is 5. The topological polar surface area (TPSA) is 47.6 Å². The lowest BCUT2D eigenvalue weighted by Gasteiger charge is -2.13. The first-order chi connectivity index (χ1) is 13.7. The number of fused-ring (bicyclic) bond motifs is 1. The minimum absolute atomic E-state index is 0.163. The second-order valence-corrected chi connectivity index (χ2v) is 7.04. The van der Waals surface area contributed by atoms with Crippen molar-refractivity contribution in [3.05, 3.63) is 89.5 Å². The number of amides is 1. The molecule has 1 unspecified atom stereocenters. The Morgan fingerprint density at radius 3 is 2.61 bits per heavy atom. The molecule has 0 bridgehead atoms. The van der Waals surface area contributed by atoms with E-state index in [1.165, 1.54) is 5.56 Å². The number of carbonyl (C=O) groups is 1. The molecule has 1 aliphatic rings. The third-order valence-corrected chi connectivity index (χ3v) is 4.87. The Morgan fingerprint density at radius 2 is 1.82 bits per heavy atom. The number of ether oxygens (including phenoxy) is 2. The van der Waals surface area contributed by atoms with Gasteiger partial charge in [-0.05, 0) is 23.6 Å². The summed E-state index contributed by atoms with van der Waals surface area (Å²) in [7, 11) is 0. The van der Waals surface area contributed by atoms with E-state index in [0.717, 1.165) is 34.4 Å². The molecular weight excluding hydrogens is 350 g/mol. The van der Waals surface area contributed by atoms with Crippen LogP contribution >= 0.6 is 0 Å². The molecule has 0 saturated heterocycles. The summed E-state index contributed by atoms with van der Waals surface area (Å²) in [6.45, 7) is 2.75. The Balaban J connectivity index is 1.34. The van der Waals surface area contributed by atoms with Crippen molar-refractivity contribution in [2.75, 3.05) is 6.61 Å². The number of hydrogen-bond donors (Lipinski definition) is 1. The molecule has 0 radical (unpaired) electrons. The minimum Gasteiger partial charge on any atom is -0.486 e. The molecule has 0 spiro atoms. The Bertz CT molecular complexity index is 951. The monoisotopic (exact) mass is 373 g/mol. The molecule has 0 fully saturated rings. The van der Waals surface area contributed by atoms with Gasteiger partial charge in [0.2, 0.25) is 0 Å². The van der Waals surface area contributed by atoms with Crippen LogP contribution in [-0.2, 0) is 17.7 Å². The van der Waals surface area contributed by atoms with Crippen LogP contribution in [0.25, 0.3) is 11.1 Å². The first-order valence-electron chi connectivity index (χ1n) is 9.49. The lowest BCUT2D eigenvalue weighted by atomic mass is 10.00. The zero-order valence-corrected chi connectivity index (χ0v) is 15.9. The fourth-order valence-electron chi connectivity index (χ4n) is 3.38. The van der Waals surface area contributed by atoms with Crippen molar-refractivity contribution in [3.63, 3.8) is 0 Å². The summed E-state index contributed by atoms with van der Waals surface area (Å²) in [4.78, 5) is 12.0. The lowest BCUT2D eigenvalue weighted by molar-refractivity contribution is 0.0924. The normalized spacial score (nSPS) is 14.8. The number of alkyl carbamates (subject to hydrolysis) is 1. The van der Waals surface area contributed by atoms with Crippen LogP contribution in [0.2, 0.25) is 0 Å². The quantitative estimate of drug-likeness (QED) is 0.692. The average molecular weight is 373 g/mol. The smallest absolute Gasteiger partial charge is 0.407 e.